The first-order chi connectivity index (χ1) is 5.25. The lowest BCUT2D eigenvalue weighted by Gasteiger charge is -1.90. The molecule has 11 heavy (non-hydrogen) atoms. The van der Waals surface area contributed by atoms with Crippen molar-refractivity contribution < 1.29 is 0 Å². The third-order valence-electron chi connectivity index (χ3n) is 1.76. The molecule has 2 rings (SSSR count). The van der Waals surface area contributed by atoms with Crippen LogP contribution in [0.1, 0.15) is 5.69 Å². The second kappa shape index (κ2) is 2.24. The highest BCUT2D eigenvalue weighted by molar-refractivity contribution is 6.33. The van der Waals surface area contributed by atoms with Crippen molar-refractivity contribution in [1.29, 1.82) is 0 Å². The Hall–Kier alpha value is -1.02. The molecule has 0 atom stereocenters. The van der Waals surface area contributed by atoms with Crippen LogP contribution in [0.4, 0.5) is 0 Å². The summed E-state index contributed by atoms with van der Waals surface area (Å²) in [6.45, 7) is 2.06. The molecule has 0 spiro atoms. The Labute approximate surface area is 68.9 Å². The van der Waals surface area contributed by atoms with Crippen molar-refractivity contribution in [3.8, 4) is 0 Å². The zero-order valence-corrected chi connectivity index (χ0v) is 7.31. The molecule has 1 aromatic carbocycles. The molecule has 3 radical (unpaired) electrons. The molecule has 0 saturated heterocycles. The van der Waals surface area contributed by atoms with Gasteiger partial charge in [0.05, 0.1) is 10.2 Å². The van der Waals surface area contributed by atoms with Crippen LogP contribution in [0.2, 0.25) is 0 Å². The molecule has 53 valence electrons. The molecule has 0 saturated carbocycles. The molecule has 2 aromatic rings. The fraction of sp³-hybridized carbons (Fsp3) is 0.111. The molecule has 0 aliphatic carbocycles. The van der Waals surface area contributed by atoms with E-state index in [1.807, 2.05) is 6.07 Å². The zero-order chi connectivity index (χ0) is 7.84. The van der Waals surface area contributed by atoms with E-state index in [1.54, 1.807) is 0 Å². The smallest absolute Gasteiger partial charge is 0.0712 e. The van der Waals surface area contributed by atoms with Gasteiger partial charge in [-0.05, 0) is 24.4 Å². The molecule has 0 fully saturated rings. The van der Waals surface area contributed by atoms with E-state index in [0.29, 0.717) is 0 Å². The van der Waals surface area contributed by atoms with Gasteiger partial charge in [-0.3, -0.25) is 0 Å². The molecule has 0 bridgehead atoms. The van der Waals surface area contributed by atoms with Crippen LogP contribution < -0.4 is 5.19 Å². The van der Waals surface area contributed by atoms with Crippen molar-refractivity contribution in [2.75, 3.05) is 0 Å². The summed E-state index contributed by atoms with van der Waals surface area (Å²) in [5, 5.41) is 2.38. The first-order valence-corrected chi connectivity index (χ1v) is 4.07. The first kappa shape index (κ1) is 6.67. The Morgan fingerprint density at radius 3 is 2.91 bits per heavy atom. The van der Waals surface area contributed by atoms with Crippen molar-refractivity contribution in [2.24, 2.45) is 0 Å². The summed E-state index contributed by atoms with van der Waals surface area (Å²) in [6.07, 6.45) is 0. The van der Waals surface area contributed by atoms with Gasteiger partial charge in [0.15, 0.2) is 0 Å². The molecule has 0 unspecified atom stereocenters. The van der Waals surface area contributed by atoms with Crippen LogP contribution >= 0.6 is 0 Å². The number of H-pyrrole nitrogens is 1. The van der Waals surface area contributed by atoms with Crippen LogP contribution in [-0.4, -0.2) is 15.2 Å². The zero-order valence-electron chi connectivity index (χ0n) is 6.31. The van der Waals surface area contributed by atoms with Crippen LogP contribution in [0.15, 0.2) is 24.3 Å². The summed E-state index contributed by atoms with van der Waals surface area (Å²) >= 11 is 0. The minimum absolute atomic E-state index is 1.12. The number of aromatic amines is 1. The number of hydrogen-bond acceptors (Lipinski definition) is 0. The lowest BCUT2D eigenvalue weighted by Crippen LogP contribution is -1.98. The maximum atomic E-state index is 3.48. The molecular weight excluding hydrogens is 150 g/mol. The largest absolute Gasteiger partial charge is 0.359 e. The van der Waals surface area contributed by atoms with Crippen molar-refractivity contribution in [1.82, 2.24) is 4.98 Å². The van der Waals surface area contributed by atoms with Crippen molar-refractivity contribution in [2.45, 2.75) is 6.92 Å². The topological polar surface area (TPSA) is 15.8 Å². The average Bonchev–Trinajstić information content (AvgIpc) is 2.27. The summed E-state index contributed by atoms with van der Waals surface area (Å²) in [5.41, 5.74) is 2.40. The van der Waals surface area contributed by atoms with Crippen molar-refractivity contribution in [3.63, 3.8) is 0 Å². The van der Waals surface area contributed by atoms with E-state index in [4.69, 9.17) is 0 Å². The van der Waals surface area contributed by atoms with Crippen LogP contribution in [0, 0.1) is 6.92 Å². The number of aromatic nitrogens is 1. The van der Waals surface area contributed by atoms with Gasteiger partial charge in [-0.2, -0.15) is 0 Å². The minimum Gasteiger partial charge on any atom is -0.359 e. The third-order valence-corrected chi connectivity index (χ3v) is 2.07. The first-order valence-electron chi connectivity index (χ1n) is 3.57. The van der Waals surface area contributed by atoms with Gasteiger partial charge in [-0.1, -0.05) is 17.3 Å². The van der Waals surface area contributed by atoms with Crippen molar-refractivity contribution >= 4 is 26.3 Å². The lowest BCUT2D eigenvalue weighted by atomic mass is 10.2. The van der Waals surface area contributed by atoms with Gasteiger partial charge in [0, 0.05) is 11.2 Å². The van der Waals surface area contributed by atoms with Crippen LogP contribution in [-0.2, 0) is 0 Å². The van der Waals surface area contributed by atoms with E-state index < -0.39 is 0 Å². The summed E-state index contributed by atoms with van der Waals surface area (Å²) in [6, 6.07) is 8.36. The van der Waals surface area contributed by atoms with E-state index >= 15 is 0 Å². The molecule has 1 heterocycles. The summed E-state index contributed by atoms with van der Waals surface area (Å²) in [5.74, 6) is 0. The molecule has 1 nitrogen and oxygen atoms in total. The van der Waals surface area contributed by atoms with Gasteiger partial charge in [0.2, 0.25) is 0 Å². The van der Waals surface area contributed by atoms with E-state index in [-0.39, 0.29) is 0 Å². The van der Waals surface area contributed by atoms with Gasteiger partial charge < -0.3 is 4.98 Å². The standard InChI is InChI=1S/C9H8NSi/c1-6-4-7-5-8(11)2-3-9(7)10-6/h2-5,10H,1H3. The summed E-state index contributed by atoms with van der Waals surface area (Å²) in [7, 11) is 3.48. The Balaban J connectivity index is 2.82. The maximum absolute atomic E-state index is 3.48. The highest BCUT2D eigenvalue weighted by Crippen LogP contribution is 2.11. The quantitative estimate of drug-likeness (QED) is 0.556. The Kier molecular flexibility index (Phi) is 1.36. The number of benzene rings is 1. The predicted octanol–water partition coefficient (Wildman–Crippen LogP) is 1.27. The molecule has 1 N–H and O–H groups in total. The lowest BCUT2D eigenvalue weighted by molar-refractivity contribution is 1.30. The fourth-order valence-corrected chi connectivity index (χ4v) is 1.52. The third kappa shape index (κ3) is 1.09. The highest BCUT2D eigenvalue weighted by atomic mass is 28.1. The fourth-order valence-electron chi connectivity index (χ4n) is 1.28. The SMILES string of the molecule is Cc1cc2cc([Si])ccc2[nH]1. The molecule has 0 amide bonds. The van der Waals surface area contributed by atoms with E-state index in [1.165, 1.54) is 16.6 Å². The highest BCUT2D eigenvalue weighted by Gasteiger charge is 1.95. The molecule has 2 heteroatoms. The Morgan fingerprint density at radius 1 is 1.27 bits per heavy atom. The van der Waals surface area contributed by atoms with E-state index in [2.05, 4.69) is 40.3 Å². The van der Waals surface area contributed by atoms with Gasteiger partial charge in [0.25, 0.3) is 0 Å². The molecule has 0 aliphatic heterocycles. The summed E-state index contributed by atoms with van der Waals surface area (Å²) in [4.78, 5) is 3.26. The molecular formula is C9H8NSi. The normalized spacial score (nSPS) is 10.7. The van der Waals surface area contributed by atoms with Gasteiger partial charge in [-0.15, -0.1) is 0 Å². The minimum atomic E-state index is 1.12. The van der Waals surface area contributed by atoms with Crippen LogP contribution in [0.5, 0.6) is 0 Å². The predicted molar refractivity (Wildman–Crippen MR) is 48.4 cm³/mol. The molecule has 0 aliphatic rings. The monoisotopic (exact) mass is 158 g/mol. The van der Waals surface area contributed by atoms with Gasteiger partial charge in [0.1, 0.15) is 0 Å². The number of rotatable bonds is 0. The van der Waals surface area contributed by atoms with E-state index in [9.17, 15) is 0 Å². The summed E-state index contributed by atoms with van der Waals surface area (Å²) < 4.78 is 0. The molecule has 1 aromatic heterocycles. The second-order valence-corrected chi connectivity index (χ2v) is 3.33. The van der Waals surface area contributed by atoms with Crippen molar-refractivity contribution in [3.05, 3.63) is 30.0 Å². The van der Waals surface area contributed by atoms with Crippen LogP contribution in [0.3, 0.4) is 0 Å². The number of aryl methyl sites for hydroxylation is 1. The van der Waals surface area contributed by atoms with Gasteiger partial charge in [-0.25, -0.2) is 0 Å². The Bertz CT molecular complexity index is 389. The maximum Gasteiger partial charge on any atom is 0.0712 e. The average molecular weight is 158 g/mol. The van der Waals surface area contributed by atoms with Crippen LogP contribution in [0.25, 0.3) is 10.9 Å². The number of fused-ring (bicyclic) bond motifs is 1. The number of hydrogen-bond donors (Lipinski definition) is 1. The number of nitrogens with one attached hydrogen (secondary N) is 1. The Morgan fingerprint density at radius 2 is 2.09 bits per heavy atom. The van der Waals surface area contributed by atoms with Gasteiger partial charge >= 0.3 is 0 Å². The van der Waals surface area contributed by atoms with E-state index in [0.717, 1.165) is 5.19 Å². The second-order valence-electron chi connectivity index (χ2n) is 2.75.